The molecule has 1 fully saturated rings. The fraction of sp³-hybridized carbons (Fsp3) is 0.818. The second-order valence-electron chi connectivity index (χ2n) is 4.71. The molecule has 16 heavy (non-hydrogen) atoms. The minimum atomic E-state index is -0.460. The van der Waals surface area contributed by atoms with Crippen LogP contribution in [0.5, 0.6) is 0 Å². The highest BCUT2D eigenvalue weighted by molar-refractivity contribution is 5.68. The summed E-state index contributed by atoms with van der Waals surface area (Å²) in [6, 6.07) is 0.111. The Morgan fingerprint density at radius 3 is 2.25 bits per heavy atom. The zero-order chi connectivity index (χ0) is 12.8. The predicted octanol–water partition coefficient (Wildman–Crippen LogP) is 1.10. The van der Waals surface area contributed by atoms with Crippen LogP contribution in [0.25, 0.3) is 0 Å². The number of aliphatic hydroxyl groups is 1. The van der Waals surface area contributed by atoms with Crippen molar-refractivity contribution in [3.05, 3.63) is 0 Å². The Morgan fingerprint density at radius 2 is 1.88 bits per heavy atom. The van der Waals surface area contributed by atoms with Gasteiger partial charge in [0.05, 0.1) is 0 Å². The Morgan fingerprint density at radius 1 is 1.38 bits per heavy atom. The van der Waals surface area contributed by atoms with E-state index >= 15 is 0 Å². The van der Waals surface area contributed by atoms with Gasteiger partial charge in [0.2, 0.25) is 0 Å². The Labute approximate surface area is 96.2 Å². The van der Waals surface area contributed by atoms with Crippen molar-refractivity contribution in [1.29, 1.82) is 0 Å². The van der Waals surface area contributed by atoms with Gasteiger partial charge in [-0.05, 0) is 33.6 Å². The van der Waals surface area contributed by atoms with Crippen molar-refractivity contribution < 1.29 is 19.4 Å². The van der Waals surface area contributed by atoms with E-state index in [0.29, 0.717) is 0 Å². The number of carbonyl (C=O) groups is 2. The molecule has 0 aromatic carbocycles. The van der Waals surface area contributed by atoms with Gasteiger partial charge in [0.1, 0.15) is 11.9 Å². The molecule has 0 bridgehead atoms. The normalized spacial score (nSPS) is 23.3. The molecule has 5 nitrogen and oxygen atoms in total. The zero-order valence-corrected chi connectivity index (χ0v) is 10.3. The Kier molecular flexibility index (Phi) is 6.03. The highest BCUT2D eigenvalue weighted by atomic mass is 16.6. The van der Waals surface area contributed by atoms with Crippen molar-refractivity contribution in [3.8, 4) is 0 Å². The van der Waals surface area contributed by atoms with Crippen molar-refractivity contribution in [3.63, 3.8) is 0 Å². The van der Waals surface area contributed by atoms with Crippen LogP contribution in [0.2, 0.25) is 0 Å². The van der Waals surface area contributed by atoms with Crippen molar-refractivity contribution >= 4 is 12.4 Å². The van der Waals surface area contributed by atoms with Gasteiger partial charge in [-0.15, -0.1) is 0 Å². The Bertz CT molecular complexity index is 229. The number of carbonyl (C=O) groups excluding carboxylic acids is 2. The molecule has 1 saturated carbocycles. The van der Waals surface area contributed by atoms with E-state index in [9.17, 15) is 9.59 Å². The number of alkyl carbamates (subject to hydrolysis) is 1. The molecule has 0 aromatic rings. The highest BCUT2D eigenvalue weighted by Crippen LogP contribution is 2.25. The second-order valence-corrected chi connectivity index (χ2v) is 4.71. The number of nitrogens with one attached hydrogen (secondary N) is 1. The van der Waals surface area contributed by atoms with E-state index in [1.165, 1.54) is 0 Å². The van der Waals surface area contributed by atoms with Crippen LogP contribution in [0.1, 0.15) is 33.6 Å². The average molecular weight is 231 g/mol. The molecule has 2 N–H and O–H groups in total. The van der Waals surface area contributed by atoms with Gasteiger partial charge >= 0.3 is 6.09 Å². The van der Waals surface area contributed by atoms with Gasteiger partial charge in [0.15, 0.2) is 0 Å². The molecule has 0 saturated heterocycles. The number of hydrogen-bond donors (Lipinski definition) is 2. The van der Waals surface area contributed by atoms with E-state index in [-0.39, 0.29) is 12.0 Å². The van der Waals surface area contributed by atoms with Gasteiger partial charge in [0, 0.05) is 19.1 Å². The third kappa shape index (κ3) is 5.70. The quantitative estimate of drug-likeness (QED) is 0.698. The summed E-state index contributed by atoms with van der Waals surface area (Å²) in [6.45, 7) is 5.46. The lowest BCUT2D eigenvalue weighted by Gasteiger charge is -2.32. The molecule has 0 heterocycles. The van der Waals surface area contributed by atoms with E-state index in [1.54, 1.807) is 0 Å². The number of ether oxygens (including phenoxy) is 1. The Balaban J connectivity index is 0.00000106. The van der Waals surface area contributed by atoms with Crippen molar-refractivity contribution in [2.24, 2.45) is 5.92 Å². The fourth-order valence-electron chi connectivity index (χ4n) is 1.37. The topological polar surface area (TPSA) is 75.6 Å². The second kappa shape index (κ2) is 6.48. The molecule has 1 amide bonds. The smallest absolute Gasteiger partial charge is 0.407 e. The maximum Gasteiger partial charge on any atom is 0.407 e. The minimum absolute atomic E-state index is 0.111. The number of rotatable bonds is 2. The summed E-state index contributed by atoms with van der Waals surface area (Å²) in [5.41, 5.74) is -0.460. The molecule has 0 spiro atoms. The summed E-state index contributed by atoms with van der Waals surface area (Å²) in [4.78, 5) is 21.5. The molecule has 1 rings (SSSR count). The maximum absolute atomic E-state index is 11.2. The van der Waals surface area contributed by atoms with Gasteiger partial charge in [0.25, 0.3) is 0 Å². The van der Waals surface area contributed by atoms with Crippen LogP contribution >= 0.6 is 0 Å². The first-order valence-electron chi connectivity index (χ1n) is 5.30. The van der Waals surface area contributed by atoms with Gasteiger partial charge in [-0.3, -0.25) is 0 Å². The van der Waals surface area contributed by atoms with E-state index in [2.05, 4.69) is 5.32 Å². The SMILES string of the molecule is CC(C)(C)OC(=O)NC1CC(C=O)C1.CO. The van der Waals surface area contributed by atoms with E-state index in [4.69, 9.17) is 9.84 Å². The van der Waals surface area contributed by atoms with Crippen LogP contribution in [-0.4, -0.2) is 36.2 Å². The van der Waals surface area contributed by atoms with Crippen LogP contribution in [0.15, 0.2) is 0 Å². The molecular weight excluding hydrogens is 210 g/mol. The number of aldehydes is 1. The molecule has 0 aliphatic heterocycles. The molecule has 0 aromatic heterocycles. The van der Waals surface area contributed by atoms with Gasteiger partial charge in [-0.1, -0.05) is 0 Å². The molecule has 5 heteroatoms. The largest absolute Gasteiger partial charge is 0.444 e. The summed E-state index contributed by atoms with van der Waals surface area (Å²) >= 11 is 0. The maximum atomic E-state index is 11.2. The molecule has 0 radical (unpaired) electrons. The molecular formula is C11H21NO4. The van der Waals surface area contributed by atoms with E-state index < -0.39 is 11.7 Å². The first-order chi connectivity index (χ1) is 7.40. The van der Waals surface area contributed by atoms with Crippen LogP contribution in [0, 0.1) is 5.92 Å². The van der Waals surface area contributed by atoms with Gasteiger partial charge < -0.3 is 20.0 Å². The predicted molar refractivity (Wildman–Crippen MR) is 60.1 cm³/mol. The molecule has 0 unspecified atom stereocenters. The fourth-order valence-corrected chi connectivity index (χ4v) is 1.37. The lowest BCUT2D eigenvalue weighted by molar-refractivity contribution is -0.113. The van der Waals surface area contributed by atoms with Gasteiger partial charge in [-0.2, -0.15) is 0 Å². The van der Waals surface area contributed by atoms with E-state index in [0.717, 1.165) is 26.2 Å². The summed E-state index contributed by atoms with van der Waals surface area (Å²) in [7, 11) is 1.00. The standard InChI is InChI=1S/C10H17NO3.CH4O/c1-10(2,3)14-9(13)11-8-4-7(5-8)6-12;1-2/h6-8H,4-5H2,1-3H3,(H,11,13);2H,1H3. The van der Waals surface area contributed by atoms with Crippen LogP contribution < -0.4 is 5.32 Å². The molecule has 1 aliphatic carbocycles. The first-order valence-corrected chi connectivity index (χ1v) is 5.30. The minimum Gasteiger partial charge on any atom is -0.444 e. The van der Waals surface area contributed by atoms with Crippen molar-refractivity contribution in [1.82, 2.24) is 5.32 Å². The molecule has 94 valence electrons. The monoisotopic (exact) mass is 231 g/mol. The number of hydrogen-bond acceptors (Lipinski definition) is 4. The number of aliphatic hydroxyl groups excluding tert-OH is 1. The summed E-state index contributed by atoms with van der Waals surface area (Å²) in [5, 5.41) is 9.72. The van der Waals surface area contributed by atoms with Crippen molar-refractivity contribution in [2.75, 3.05) is 7.11 Å². The number of amides is 1. The summed E-state index contributed by atoms with van der Waals surface area (Å²) in [5.74, 6) is 0.120. The zero-order valence-electron chi connectivity index (χ0n) is 10.3. The van der Waals surface area contributed by atoms with Gasteiger partial charge in [-0.25, -0.2) is 4.79 Å². The lowest BCUT2D eigenvalue weighted by Crippen LogP contribution is -2.46. The summed E-state index contributed by atoms with van der Waals surface area (Å²) < 4.78 is 5.07. The van der Waals surface area contributed by atoms with E-state index in [1.807, 2.05) is 20.8 Å². The van der Waals surface area contributed by atoms with Crippen molar-refractivity contribution in [2.45, 2.75) is 45.3 Å². The van der Waals surface area contributed by atoms with Crippen LogP contribution in [0.3, 0.4) is 0 Å². The molecule has 0 atom stereocenters. The lowest BCUT2D eigenvalue weighted by atomic mass is 9.81. The average Bonchev–Trinajstić information content (AvgIpc) is 2.11. The molecule has 1 aliphatic rings. The Hall–Kier alpha value is -1.10. The third-order valence-electron chi connectivity index (χ3n) is 2.09. The third-order valence-corrected chi connectivity index (χ3v) is 2.09. The highest BCUT2D eigenvalue weighted by Gasteiger charge is 2.31. The van der Waals surface area contributed by atoms with Crippen LogP contribution in [-0.2, 0) is 9.53 Å². The van der Waals surface area contributed by atoms with Crippen LogP contribution in [0.4, 0.5) is 4.79 Å². The first kappa shape index (κ1) is 14.9. The summed E-state index contributed by atoms with van der Waals surface area (Å²) in [6.07, 6.45) is 2.02.